The molecule has 10 aromatic carbocycles. The van der Waals surface area contributed by atoms with Crippen molar-refractivity contribution in [2.24, 2.45) is 0 Å². The molecule has 0 saturated carbocycles. The molecule has 0 aliphatic carbocycles. The van der Waals surface area contributed by atoms with Crippen LogP contribution in [0.4, 0.5) is 34.1 Å². The number of benzene rings is 10. The lowest BCUT2D eigenvalue weighted by molar-refractivity contribution is 0.480. The van der Waals surface area contributed by atoms with Crippen molar-refractivity contribution < 1.29 is 13.9 Å². The first-order chi connectivity index (χ1) is 31.2. The highest BCUT2D eigenvalue weighted by molar-refractivity contribution is 6.15. The number of nitrogens with zero attached hydrogens (tertiary/aromatic N) is 2. The average Bonchev–Trinajstić information content (AvgIpc) is 3.74. The summed E-state index contributed by atoms with van der Waals surface area (Å²) >= 11 is 0. The van der Waals surface area contributed by atoms with Crippen LogP contribution in [0.5, 0.6) is 23.0 Å². The molecule has 296 valence electrons. The molecule has 0 amide bonds. The Kier molecular flexibility index (Phi) is 7.84. The Morgan fingerprint density at radius 2 is 0.778 bits per heavy atom. The fourth-order valence-electron chi connectivity index (χ4n) is 9.57. The van der Waals surface area contributed by atoms with E-state index in [0.717, 1.165) is 118 Å². The van der Waals surface area contributed by atoms with Crippen molar-refractivity contribution in [2.75, 3.05) is 9.80 Å². The van der Waals surface area contributed by atoms with E-state index in [1.807, 2.05) is 30.3 Å². The predicted octanol–water partition coefficient (Wildman–Crippen LogP) is 16.9. The van der Waals surface area contributed by atoms with E-state index in [9.17, 15) is 0 Å². The summed E-state index contributed by atoms with van der Waals surface area (Å²) in [6, 6.07) is 76.4. The molecule has 63 heavy (non-hydrogen) atoms. The van der Waals surface area contributed by atoms with Crippen LogP contribution in [0.25, 0.3) is 66.1 Å². The van der Waals surface area contributed by atoms with E-state index >= 15 is 0 Å². The monoisotopic (exact) mass is 808 g/mol. The fourth-order valence-corrected chi connectivity index (χ4v) is 9.57. The fraction of sp³-hybridized carbons (Fsp3) is 0. The molecule has 0 fully saturated rings. The van der Waals surface area contributed by atoms with Crippen LogP contribution in [0, 0.1) is 0 Å². The molecule has 0 spiro atoms. The molecule has 5 heteroatoms. The van der Waals surface area contributed by atoms with Gasteiger partial charge >= 0.3 is 0 Å². The van der Waals surface area contributed by atoms with Crippen LogP contribution >= 0.6 is 0 Å². The number of hydrogen-bond donors (Lipinski definition) is 0. The van der Waals surface area contributed by atoms with Crippen molar-refractivity contribution in [2.45, 2.75) is 0 Å². The van der Waals surface area contributed by atoms with Crippen LogP contribution in [-0.2, 0) is 0 Å². The predicted molar refractivity (Wildman–Crippen MR) is 257 cm³/mol. The van der Waals surface area contributed by atoms with Gasteiger partial charge in [0.1, 0.15) is 28.6 Å². The number of ether oxygens (including phenoxy) is 2. The van der Waals surface area contributed by atoms with Gasteiger partial charge in [-0.25, -0.2) is 0 Å². The van der Waals surface area contributed by atoms with Gasteiger partial charge in [0.2, 0.25) is 0 Å². The molecule has 2 aliphatic heterocycles. The van der Waals surface area contributed by atoms with Crippen LogP contribution in [0.15, 0.2) is 223 Å². The van der Waals surface area contributed by atoms with E-state index < -0.39 is 0 Å². The normalized spacial score (nSPS) is 12.1. The Hall–Kier alpha value is -8.54. The second kappa shape index (κ2) is 14.0. The van der Waals surface area contributed by atoms with Gasteiger partial charge in [0, 0.05) is 67.6 Å². The third-order valence-electron chi connectivity index (χ3n) is 12.4. The Labute approximate surface area is 363 Å². The SMILES string of the molecule is c1ccc(-c2ccc(N(c3ccc4c(c3)Oc3ccc5c6c(ccc-4c36)Oc3cc(N(c4ccccc4)c4ccccc4)ccc3-5)c3cccc4c3oc3ccccc34)cc2)cc1. The summed E-state index contributed by atoms with van der Waals surface area (Å²) in [5.41, 5.74) is 14.4. The quantitative estimate of drug-likeness (QED) is 0.160. The van der Waals surface area contributed by atoms with E-state index in [0.29, 0.717) is 0 Å². The van der Waals surface area contributed by atoms with E-state index in [1.54, 1.807) is 0 Å². The highest BCUT2D eigenvalue weighted by Crippen LogP contribution is 2.56. The first-order valence-corrected chi connectivity index (χ1v) is 21.2. The number of furan rings is 1. The second-order valence-electron chi connectivity index (χ2n) is 16.0. The van der Waals surface area contributed by atoms with Crippen molar-refractivity contribution in [1.29, 1.82) is 0 Å². The van der Waals surface area contributed by atoms with Crippen LogP contribution < -0.4 is 19.3 Å². The molecule has 0 bridgehead atoms. The van der Waals surface area contributed by atoms with E-state index in [2.05, 4.69) is 198 Å². The van der Waals surface area contributed by atoms with Crippen molar-refractivity contribution in [3.63, 3.8) is 0 Å². The zero-order chi connectivity index (χ0) is 41.4. The van der Waals surface area contributed by atoms with E-state index in [1.165, 1.54) is 5.56 Å². The maximum atomic E-state index is 6.93. The van der Waals surface area contributed by atoms with Gasteiger partial charge in [-0.2, -0.15) is 0 Å². The highest BCUT2D eigenvalue weighted by Gasteiger charge is 2.30. The minimum absolute atomic E-state index is 0.787. The number of anilines is 6. The number of fused-ring (bicyclic) bond motifs is 7. The van der Waals surface area contributed by atoms with E-state index in [-0.39, 0.29) is 0 Å². The summed E-state index contributed by atoms with van der Waals surface area (Å²) in [5.74, 6) is 3.22. The van der Waals surface area contributed by atoms with Crippen LogP contribution in [-0.4, -0.2) is 0 Å². The Morgan fingerprint density at radius 3 is 1.40 bits per heavy atom. The van der Waals surface area contributed by atoms with Gasteiger partial charge in [-0.15, -0.1) is 0 Å². The average molecular weight is 809 g/mol. The van der Waals surface area contributed by atoms with Gasteiger partial charge in [0.15, 0.2) is 5.58 Å². The standard InChI is InChI=1S/C58H36N2O3/c1-4-13-37(14-5-1)38-23-25-41(26-24-38)60(50-21-12-20-49-44-19-10-11-22-51(44)63-58(49)50)43-28-30-46-48-32-33-52-56-47(31-34-53(57(48)56)62-55(46)36-43)45-29-27-42(35-54(45)61-52)59(39-15-6-2-7-16-39)40-17-8-3-9-18-40/h1-36H. The minimum Gasteiger partial charge on any atom is -0.456 e. The molecule has 5 nitrogen and oxygen atoms in total. The summed E-state index contributed by atoms with van der Waals surface area (Å²) in [6.07, 6.45) is 0. The lowest BCUT2D eigenvalue weighted by atomic mass is 9.88. The van der Waals surface area contributed by atoms with Crippen LogP contribution in [0.3, 0.4) is 0 Å². The molecule has 2 aliphatic rings. The first kappa shape index (κ1) is 35.2. The zero-order valence-electron chi connectivity index (χ0n) is 33.9. The van der Waals surface area contributed by atoms with Crippen molar-refractivity contribution in [1.82, 2.24) is 0 Å². The molecular formula is C58H36N2O3. The number of hydrogen-bond acceptors (Lipinski definition) is 5. The molecule has 0 radical (unpaired) electrons. The zero-order valence-corrected chi connectivity index (χ0v) is 33.9. The maximum Gasteiger partial charge on any atom is 0.159 e. The van der Waals surface area contributed by atoms with Gasteiger partial charge in [-0.3, -0.25) is 0 Å². The van der Waals surface area contributed by atoms with Crippen molar-refractivity contribution in [3.05, 3.63) is 218 Å². The summed E-state index contributed by atoms with van der Waals surface area (Å²) in [7, 11) is 0. The molecule has 0 unspecified atom stereocenters. The summed E-state index contributed by atoms with van der Waals surface area (Å²) in [4.78, 5) is 4.53. The molecule has 0 atom stereocenters. The van der Waals surface area contributed by atoms with Gasteiger partial charge in [-0.1, -0.05) is 109 Å². The molecular weight excluding hydrogens is 773 g/mol. The Balaban J connectivity index is 0.919. The summed E-state index contributed by atoms with van der Waals surface area (Å²) in [6.45, 7) is 0. The van der Waals surface area contributed by atoms with Gasteiger partial charge < -0.3 is 23.7 Å². The van der Waals surface area contributed by atoms with Crippen molar-refractivity contribution in [3.8, 4) is 56.4 Å². The molecule has 0 saturated heterocycles. The number of rotatable bonds is 7. The third kappa shape index (κ3) is 5.64. The number of para-hydroxylation sites is 4. The summed E-state index contributed by atoms with van der Waals surface area (Å²) < 4.78 is 20.4. The van der Waals surface area contributed by atoms with Crippen LogP contribution in [0.1, 0.15) is 0 Å². The largest absolute Gasteiger partial charge is 0.456 e. The summed E-state index contributed by atoms with van der Waals surface area (Å²) in [5, 5.41) is 4.27. The first-order valence-electron chi connectivity index (χ1n) is 21.2. The van der Waals surface area contributed by atoms with E-state index in [4.69, 9.17) is 13.9 Å². The molecule has 13 rings (SSSR count). The van der Waals surface area contributed by atoms with Gasteiger partial charge in [0.25, 0.3) is 0 Å². The second-order valence-corrected chi connectivity index (χ2v) is 16.0. The third-order valence-corrected chi connectivity index (χ3v) is 12.4. The lowest BCUT2D eigenvalue weighted by Gasteiger charge is -2.30. The Morgan fingerprint density at radius 1 is 0.302 bits per heavy atom. The smallest absolute Gasteiger partial charge is 0.159 e. The topological polar surface area (TPSA) is 38.1 Å². The van der Waals surface area contributed by atoms with Gasteiger partial charge in [-0.05, 0) is 119 Å². The van der Waals surface area contributed by atoms with Gasteiger partial charge in [0.05, 0.1) is 11.4 Å². The van der Waals surface area contributed by atoms with Crippen molar-refractivity contribution >= 4 is 66.8 Å². The molecule has 11 aromatic rings. The molecule has 1 aromatic heterocycles. The van der Waals surface area contributed by atoms with Crippen LogP contribution in [0.2, 0.25) is 0 Å². The maximum absolute atomic E-state index is 6.93. The molecule has 0 N–H and O–H groups in total. The molecule has 3 heterocycles. The Bertz CT molecular complexity index is 3530. The highest BCUT2D eigenvalue weighted by atomic mass is 16.5. The minimum atomic E-state index is 0.787. The lowest BCUT2D eigenvalue weighted by Crippen LogP contribution is -2.11.